The summed E-state index contributed by atoms with van der Waals surface area (Å²) in [6.07, 6.45) is 2.92. The van der Waals surface area contributed by atoms with E-state index in [0.29, 0.717) is 12.1 Å². The zero-order chi connectivity index (χ0) is 15.1. The fraction of sp³-hybridized carbons (Fsp3) is 0.286. The van der Waals surface area contributed by atoms with E-state index in [4.69, 9.17) is 5.11 Å². The molecule has 0 saturated carbocycles. The van der Waals surface area contributed by atoms with Crippen LogP contribution in [0, 0.1) is 0 Å². The maximum Gasteiger partial charge on any atom is 0.240 e. The lowest BCUT2D eigenvalue weighted by atomic mass is 10.1. The highest BCUT2D eigenvalue weighted by molar-refractivity contribution is 7.89. The molecule has 1 aromatic heterocycles. The Morgan fingerprint density at radius 2 is 1.90 bits per heavy atom. The first-order valence-corrected chi connectivity index (χ1v) is 8.06. The molecule has 0 spiro atoms. The van der Waals surface area contributed by atoms with Crippen molar-refractivity contribution in [2.45, 2.75) is 24.3 Å². The number of aliphatic hydroxyl groups excluding tert-OH is 1. The van der Waals surface area contributed by atoms with E-state index in [1.165, 1.54) is 6.20 Å². The maximum absolute atomic E-state index is 12.1. The van der Waals surface area contributed by atoms with Crippen LogP contribution in [-0.2, 0) is 23.0 Å². The number of aryl methyl sites for hydroxylation is 1. The van der Waals surface area contributed by atoms with E-state index < -0.39 is 10.0 Å². The van der Waals surface area contributed by atoms with Gasteiger partial charge in [0.25, 0.3) is 0 Å². The number of sulfonamides is 1. The quantitative estimate of drug-likeness (QED) is 0.792. The van der Waals surface area contributed by atoms with E-state index in [1.54, 1.807) is 36.4 Å². The van der Waals surface area contributed by atoms with Gasteiger partial charge in [-0.05, 0) is 42.7 Å². The minimum absolute atomic E-state index is 0.0996. The Kier molecular flexibility index (Phi) is 5.38. The number of hydrogen-bond acceptors (Lipinski definition) is 5. The summed E-state index contributed by atoms with van der Waals surface area (Å²) in [5, 5.41) is 16.3. The Labute approximate surface area is 123 Å². The standard InChI is InChI=1S/C14H17N3O3S/c18-10-2-3-12-5-7-14(8-6-12)21(19,20)16-11-13-4-1-9-15-17-13/h1,4-9,16,18H,2-3,10-11H2. The molecule has 2 rings (SSSR count). The highest BCUT2D eigenvalue weighted by Gasteiger charge is 2.13. The van der Waals surface area contributed by atoms with Crippen LogP contribution in [0.3, 0.4) is 0 Å². The Hall–Kier alpha value is -1.83. The molecule has 0 radical (unpaired) electrons. The largest absolute Gasteiger partial charge is 0.396 e. The van der Waals surface area contributed by atoms with Crippen molar-refractivity contribution in [1.82, 2.24) is 14.9 Å². The van der Waals surface area contributed by atoms with E-state index in [-0.39, 0.29) is 18.0 Å². The van der Waals surface area contributed by atoms with E-state index >= 15 is 0 Å². The van der Waals surface area contributed by atoms with Crippen LogP contribution in [0.1, 0.15) is 17.7 Å². The third-order valence-corrected chi connectivity index (χ3v) is 4.35. The van der Waals surface area contributed by atoms with Gasteiger partial charge in [-0.1, -0.05) is 12.1 Å². The summed E-state index contributed by atoms with van der Waals surface area (Å²) in [4.78, 5) is 0.208. The first kappa shape index (κ1) is 15.6. The van der Waals surface area contributed by atoms with E-state index in [1.807, 2.05) is 0 Å². The predicted octanol–water partition coefficient (Wildman–Crippen LogP) is 0.880. The SMILES string of the molecule is O=S(=O)(NCc1cccnn1)c1ccc(CCCO)cc1. The second kappa shape index (κ2) is 7.26. The Morgan fingerprint density at radius 1 is 1.14 bits per heavy atom. The van der Waals surface area contributed by atoms with Gasteiger partial charge in [0.15, 0.2) is 0 Å². The summed E-state index contributed by atoms with van der Waals surface area (Å²) >= 11 is 0. The summed E-state index contributed by atoms with van der Waals surface area (Å²) < 4.78 is 26.7. The number of nitrogens with zero attached hydrogens (tertiary/aromatic N) is 2. The fourth-order valence-corrected chi connectivity index (χ4v) is 2.80. The molecule has 2 N–H and O–H groups in total. The zero-order valence-electron chi connectivity index (χ0n) is 11.4. The van der Waals surface area contributed by atoms with E-state index in [2.05, 4.69) is 14.9 Å². The molecule has 1 aromatic carbocycles. The van der Waals surface area contributed by atoms with Crippen molar-refractivity contribution in [3.05, 3.63) is 53.9 Å². The molecule has 0 unspecified atom stereocenters. The van der Waals surface area contributed by atoms with Crippen LogP contribution in [-0.4, -0.2) is 30.3 Å². The highest BCUT2D eigenvalue weighted by atomic mass is 32.2. The van der Waals surface area contributed by atoms with Crippen LogP contribution in [0.15, 0.2) is 47.5 Å². The summed E-state index contributed by atoms with van der Waals surface area (Å²) in [5.41, 5.74) is 1.55. The number of rotatable bonds is 7. The van der Waals surface area contributed by atoms with Gasteiger partial charge in [-0.15, -0.1) is 0 Å². The van der Waals surface area contributed by atoms with Crippen LogP contribution in [0.4, 0.5) is 0 Å². The lowest BCUT2D eigenvalue weighted by Gasteiger charge is -2.07. The third kappa shape index (κ3) is 4.59. The second-order valence-electron chi connectivity index (χ2n) is 4.51. The molecule has 1 heterocycles. The highest BCUT2D eigenvalue weighted by Crippen LogP contribution is 2.12. The molecule has 112 valence electrons. The molecular formula is C14H17N3O3S. The van der Waals surface area contributed by atoms with Gasteiger partial charge in [-0.25, -0.2) is 13.1 Å². The molecule has 6 nitrogen and oxygen atoms in total. The number of aromatic nitrogens is 2. The van der Waals surface area contributed by atoms with Crippen LogP contribution < -0.4 is 4.72 Å². The topological polar surface area (TPSA) is 92.2 Å². The van der Waals surface area contributed by atoms with Gasteiger partial charge in [0, 0.05) is 12.8 Å². The Morgan fingerprint density at radius 3 is 2.52 bits per heavy atom. The molecule has 0 bridgehead atoms. The molecule has 2 aromatic rings. The molecule has 0 aliphatic carbocycles. The van der Waals surface area contributed by atoms with Crippen LogP contribution in [0.5, 0.6) is 0 Å². The van der Waals surface area contributed by atoms with Gasteiger partial charge in [-0.2, -0.15) is 10.2 Å². The van der Waals surface area contributed by atoms with Crippen molar-refractivity contribution in [2.75, 3.05) is 6.61 Å². The van der Waals surface area contributed by atoms with Gasteiger partial charge >= 0.3 is 0 Å². The molecule has 0 amide bonds. The summed E-state index contributed by atoms with van der Waals surface area (Å²) in [6.45, 7) is 0.224. The normalized spacial score (nSPS) is 11.5. The smallest absolute Gasteiger partial charge is 0.240 e. The fourth-order valence-electron chi connectivity index (χ4n) is 1.80. The average molecular weight is 307 g/mol. The minimum Gasteiger partial charge on any atom is -0.396 e. The summed E-state index contributed by atoms with van der Waals surface area (Å²) in [5.74, 6) is 0. The van der Waals surface area contributed by atoms with Crippen LogP contribution in [0.2, 0.25) is 0 Å². The lowest BCUT2D eigenvalue weighted by Crippen LogP contribution is -2.23. The van der Waals surface area contributed by atoms with Crippen LogP contribution in [0.25, 0.3) is 0 Å². The monoisotopic (exact) mass is 307 g/mol. The van der Waals surface area contributed by atoms with Crippen molar-refractivity contribution < 1.29 is 13.5 Å². The number of nitrogens with one attached hydrogen (secondary N) is 1. The summed E-state index contributed by atoms with van der Waals surface area (Å²) in [6, 6.07) is 10.0. The number of hydrogen-bond donors (Lipinski definition) is 2. The van der Waals surface area contributed by atoms with Crippen molar-refractivity contribution >= 4 is 10.0 Å². The predicted molar refractivity (Wildman–Crippen MR) is 77.9 cm³/mol. The van der Waals surface area contributed by atoms with Gasteiger partial charge in [0.1, 0.15) is 0 Å². The van der Waals surface area contributed by atoms with Crippen molar-refractivity contribution in [3.63, 3.8) is 0 Å². The zero-order valence-corrected chi connectivity index (χ0v) is 12.3. The molecule has 0 saturated heterocycles. The van der Waals surface area contributed by atoms with E-state index in [9.17, 15) is 8.42 Å². The minimum atomic E-state index is -3.56. The van der Waals surface area contributed by atoms with Crippen molar-refractivity contribution in [2.24, 2.45) is 0 Å². The van der Waals surface area contributed by atoms with E-state index in [0.717, 1.165) is 12.0 Å². The van der Waals surface area contributed by atoms with Gasteiger partial charge < -0.3 is 5.11 Å². The number of aliphatic hydroxyl groups is 1. The molecule has 0 aliphatic rings. The van der Waals surface area contributed by atoms with Crippen molar-refractivity contribution in [3.8, 4) is 0 Å². The molecule has 21 heavy (non-hydrogen) atoms. The first-order chi connectivity index (χ1) is 10.1. The lowest BCUT2D eigenvalue weighted by molar-refractivity contribution is 0.288. The number of benzene rings is 1. The Bertz CT molecular complexity index is 658. The van der Waals surface area contributed by atoms with Gasteiger partial charge in [-0.3, -0.25) is 0 Å². The average Bonchev–Trinajstić information content (AvgIpc) is 2.52. The Balaban J connectivity index is 2.02. The van der Waals surface area contributed by atoms with Gasteiger partial charge in [0.05, 0.1) is 17.1 Å². The third-order valence-electron chi connectivity index (χ3n) is 2.93. The second-order valence-corrected chi connectivity index (χ2v) is 6.28. The molecule has 7 heteroatoms. The molecule has 0 atom stereocenters. The van der Waals surface area contributed by atoms with Gasteiger partial charge in [0.2, 0.25) is 10.0 Å². The van der Waals surface area contributed by atoms with Crippen LogP contribution >= 0.6 is 0 Å². The summed E-state index contributed by atoms with van der Waals surface area (Å²) in [7, 11) is -3.56. The molecule has 0 aliphatic heterocycles. The molecule has 0 fully saturated rings. The first-order valence-electron chi connectivity index (χ1n) is 6.58. The maximum atomic E-state index is 12.1. The van der Waals surface area contributed by atoms with Crippen molar-refractivity contribution in [1.29, 1.82) is 0 Å². The molecular weight excluding hydrogens is 290 g/mol.